The molecule has 1 aromatic rings. The molecule has 1 heterocycles. The van der Waals surface area contributed by atoms with Gasteiger partial charge in [-0.05, 0) is 5.21 Å². The molecule has 0 saturated carbocycles. The monoisotopic (exact) mass is 157 g/mol. The van der Waals surface area contributed by atoms with Crippen molar-refractivity contribution in [1.82, 2.24) is 20.2 Å². The Labute approximate surface area is 62.2 Å². The molecule has 1 aromatic heterocycles. The maximum Gasteiger partial charge on any atom is 0.414 e. The van der Waals surface area contributed by atoms with Crippen LogP contribution in [0.3, 0.4) is 0 Å². The van der Waals surface area contributed by atoms with Gasteiger partial charge in [0.15, 0.2) is 0 Å². The van der Waals surface area contributed by atoms with Gasteiger partial charge in [0, 0.05) is 7.05 Å². The number of anilines is 1. The summed E-state index contributed by atoms with van der Waals surface area (Å²) in [5, 5.41) is 19.1. The van der Waals surface area contributed by atoms with Gasteiger partial charge in [0.1, 0.15) is 0 Å². The molecule has 0 atom stereocenters. The summed E-state index contributed by atoms with van der Waals surface area (Å²) in [6.45, 7) is 0. The second-order valence-electron chi connectivity index (χ2n) is 1.92. The molecule has 0 saturated heterocycles. The lowest BCUT2D eigenvalue weighted by Gasteiger charge is -2.04. The van der Waals surface area contributed by atoms with E-state index in [1.54, 1.807) is 7.05 Å². The zero-order valence-corrected chi connectivity index (χ0v) is 6.09. The Kier molecular flexibility index (Phi) is 1.71. The molecule has 60 valence electrons. The van der Waals surface area contributed by atoms with Crippen LogP contribution < -0.4 is 4.90 Å². The smallest absolute Gasteiger partial charge is 0.414 e. The standard InChI is InChI=1S/C4H7N5O2/c1-8(4(10)11)3-5-7-9(2)6-3/h1-2H3,(H,10,11). The zero-order valence-electron chi connectivity index (χ0n) is 6.09. The van der Waals surface area contributed by atoms with Gasteiger partial charge in [-0.1, -0.05) is 5.10 Å². The van der Waals surface area contributed by atoms with Crippen LogP contribution in [0.25, 0.3) is 0 Å². The minimum Gasteiger partial charge on any atom is -0.465 e. The molecule has 0 spiro atoms. The second-order valence-corrected chi connectivity index (χ2v) is 1.92. The summed E-state index contributed by atoms with van der Waals surface area (Å²) < 4.78 is 0. The van der Waals surface area contributed by atoms with Crippen LogP contribution in [0.2, 0.25) is 0 Å². The fourth-order valence-electron chi connectivity index (χ4n) is 0.494. The van der Waals surface area contributed by atoms with Gasteiger partial charge >= 0.3 is 6.09 Å². The number of carboxylic acid groups (broad SMARTS) is 1. The largest absolute Gasteiger partial charge is 0.465 e. The minimum atomic E-state index is -1.11. The molecule has 1 N–H and O–H groups in total. The summed E-state index contributed by atoms with van der Waals surface area (Å²) >= 11 is 0. The lowest BCUT2D eigenvalue weighted by molar-refractivity contribution is 0.203. The molecular formula is C4H7N5O2. The molecule has 11 heavy (non-hydrogen) atoms. The summed E-state index contributed by atoms with van der Waals surface area (Å²) in [6.07, 6.45) is -1.11. The Morgan fingerprint density at radius 3 is 2.73 bits per heavy atom. The van der Waals surface area contributed by atoms with E-state index < -0.39 is 6.09 Å². The zero-order chi connectivity index (χ0) is 8.43. The Hall–Kier alpha value is -1.66. The number of rotatable bonds is 1. The number of hydrogen-bond donors (Lipinski definition) is 1. The lowest BCUT2D eigenvalue weighted by atomic mass is 10.8. The molecule has 7 nitrogen and oxygen atoms in total. The van der Waals surface area contributed by atoms with Gasteiger partial charge in [-0.15, -0.1) is 5.10 Å². The molecule has 0 aliphatic rings. The van der Waals surface area contributed by atoms with Crippen molar-refractivity contribution >= 4 is 12.0 Å². The van der Waals surface area contributed by atoms with Gasteiger partial charge in [0.05, 0.1) is 7.05 Å². The number of nitrogens with zero attached hydrogens (tertiary/aromatic N) is 5. The third-order valence-corrected chi connectivity index (χ3v) is 1.08. The number of tetrazole rings is 1. The van der Waals surface area contributed by atoms with Crippen molar-refractivity contribution in [2.45, 2.75) is 0 Å². The van der Waals surface area contributed by atoms with Crippen molar-refractivity contribution in [1.29, 1.82) is 0 Å². The van der Waals surface area contributed by atoms with E-state index in [9.17, 15) is 4.79 Å². The van der Waals surface area contributed by atoms with Gasteiger partial charge < -0.3 is 5.11 Å². The van der Waals surface area contributed by atoms with Crippen molar-refractivity contribution in [3.8, 4) is 0 Å². The van der Waals surface area contributed by atoms with Crippen LogP contribution in [-0.4, -0.2) is 38.5 Å². The van der Waals surface area contributed by atoms with Crippen LogP contribution in [0.1, 0.15) is 0 Å². The summed E-state index contributed by atoms with van der Waals surface area (Å²) in [5.74, 6) is 0.0694. The average molecular weight is 157 g/mol. The lowest BCUT2D eigenvalue weighted by Crippen LogP contribution is -2.25. The second kappa shape index (κ2) is 2.52. The first-order chi connectivity index (χ1) is 5.11. The molecule has 0 aliphatic carbocycles. The van der Waals surface area contributed by atoms with Gasteiger partial charge in [-0.25, -0.2) is 9.69 Å². The highest BCUT2D eigenvalue weighted by Crippen LogP contribution is 1.99. The molecule has 0 radical (unpaired) electrons. The van der Waals surface area contributed by atoms with Crippen molar-refractivity contribution in [2.24, 2.45) is 7.05 Å². The van der Waals surface area contributed by atoms with Crippen molar-refractivity contribution < 1.29 is 9.90 Å². The fourth-order valence-corrected chi connectivity index (χ4v) is 0.494. The van der Waals surface area contributed by atoms with Gasteiger partial charge in [-0.2, -0.15) is 4.80 Å². The van der Waals surface area contributed by atoms with E-state index in [1.807, 2.05) is 0 Å². The van der Waals surface area contributed by atoms with E-state index in [-0.39, 0.29) is 5.95 Å². The molecule has 0 aliphatic heterocycles. The first-order valence-corrected chi connectivity index (χ1v) is 2.82. The Balaban J connectivity index is 2.84. The SMILES string of the molecule is CN(C(=O)O)c1nnn(C)n1. The van der Waals surface area contributed by atoms with Crippen LogP contribution in [0, 0.1) is 0 Å². The summed E-state index contributed by atoms with van der Waals surface area (Å²) in [6, 6.07) is 0. The van der Waals surface area contributed by atoms with E-state index in [0.717, 1.165) is 4.90 Å². The third kappa shape index (κ3) is 1.42. The predicted molar refractivity (Wildman–Crippen MR) is 35.2 cm³/mol. The highest BCUT2D eigenvalue weighted by atomic mass is 16.4. The van der Waals surface area contributed by atoms with Gasteiger partial charge in [-0.3, -0.25) is 0 Å². The normalized spacial score (nSPS) is 9.64. The fraction of sp³-hybridized carbons (Fsp3) is 0.500. The number of hydrogen-bond acceptors (Lipinski definition) is 4. The Morgan fingerprint density at radius 1 is 1.73 bits per heavy atom. The van der Waals surface area contributed by atoms with E-state index >= 15 is 0 Å². The number of aromatic nitrogens is 4. The summed E-state index contributed by atoms with van der Waals surface area (Å²) in [7, 11) is 2.91. The minimum absolute atomic E-state index is 0.0694. The van der Waals surface area contributed by atoms with Crippen LogP contribution in [0.4, 0.5) is 10.7 Å². The molecule has 0 unspecified atom stereocenters. The third-order valence-electron chi connectivity index (χ3n) is 1.08. The first-order valence-electron chi connectivity index (χ1n) is 2.82. The molecule has 0 bridgehead atoms. The van der Waals surface area contributed by atoms with E-state index in [2.05, 4.69) is 15.4 Å². The number of aryl methyl sites for hydroxylation is 1. The Morgan fingerprint density at radius 2 is 2.36 bits per heavy atom. The van der Waals surface area contributed by atoms with Crippen molar-refractivity contribution in [3.63, 3.8) is 0 Å². The average Bonchev–Trinajstić information content (AvgIpc) is 2.34. The van der Waals surface area contributed by atoms with Gasteiger partial charge in [0.25, 0.3) is 5.95 Å². The van der Waals surface area contributed by atoms with E-state index in [4.69, 9.17) is 5.11 Å². The quantitative estimate of drug-likeness (QED) is 0.584. The molecule has 0 aromatic carbocycles. The molecular weight excluding hydrogens is 150 g/mol. The molecule has 7 heteroatoms. The van der Waals surface area contributed by atoms with Gasteiger partial charge in [0.2, 0.25) is 0 Å². The molecule has 0 fully saturated rings. The summed E-state index contributed by atoms with van der Waals surface area (Å²) in [4.78, 5) is 12.4. The summed E-state index contributed by atoms with van der Waals surface area (Å²) in [5.41, 5.74) is 0. The van der Waals surface area contributed by atoms with E-state index in [0.29, 0.717) is 0 Å². The number of carbonyl (C=O) groups is 1. The topological polar surface area (TPSA) is 84.1 Å². The van der Waals surface area contributed by atoms with Crippen LogP contribution in [0.15, 0.2) is 0 Å². The molecule has 1 rings (SSSR count). The highest BCUT2D eigenvalue weighted by Gasteiger charge is 2.12. The van der Waals surface area contributed by atoms with Crippen LogP contribution >= 0.6 is 0 Å². The first kappa shape index (κ1) is 7.45. The Bertz CT molecular complexity index is 269. The van der Waals surface area contributed by atoms with E-state index in [1.165, 1.54) is 11.8 Å². The number of amides is 1. The van der Waals surface area contributed by atoms with Crippen LogP contribution in [-0.2, 0) is 7.05 Å². The molecule has 1 amide bonds. The predicted octanol–water partition coefficient (Wildman–Crippen LogP) is -0.676. The van der Waals surface area contributed by atoms with Crippen molar-refractivity contribution in [2.75, 3.05) is 11.9 Å². The van der Waals surface area contributed by atoms with Crippen LogP contribution in [0.5, 0.6) is 0 Å². The highest BCUT2D eigenvalue weighted by molar-refractivity contribution is 5.82. The maximum absolute atomic E-state index is 10.3. The van der Waals surface area contributed by atoms with Crippen molar-refractivity contribution in [3.05, 3.63) is 0 Å². The maximum atomic E-state index is 10.3.